The number of rotatable bonds is 1. The third-order valence-corrected chi connectivity index (χ3v) is 2.35. The average Bonchev–Trinajstić information content (AvgIpc) is 2.13. The Labute approximate surface area is 81.6 Å². The largest absolute Gasteiger partial charge is 0.508 e. The molecule has 1 unspecified atom stereocenters. The number of aliphatic hydroxyl groups is 1. The number of alkyl halides is 1. The van der Waals surface area contributed by atoms with Crippen molar-refractivity contribution < 1.29 is 5.11 Å². The lowest BCUT2D eigenvalue weighted by atomic mass is 10.0. The maximum absolute atomic E-state index is 9.34. The highest BCUT2D eigenvalue weighted by atomic mass is 79.9. The fourth-order valence-corrected chi connectivity index (χ4v) is 1.51. The van der Waals surface area contributed by atoms with Crippen molar-refractivity contribution in [2.45, 2.75) is 18.7 Å². The minimum atomic E-state index is 0.232. The Hall–Kier alpha value is -0.500. The number of halogens is 1. The number of hydrogen-bond donors (Lipinski definition) is 1. The molecule has 0 radical (unpaired) electrons. The number of allylic oxidation sites excluding steroid dienone is 5. The van der Waals surface area contributed by atoms with Gasteiger partial charge >= 0.3 is 0 Å². The van der Waals surface area contributed by atoms with Gasteiger partial charge in [-0.2, -0.15) is 0 Å². The number of hydrogen-bond acceptors (Lipinski definition) is 1. The molecular formula is C10H13BrO. The van der Waals surface area contributed by atoms with Crippen molar-refractivity contribution in [2.24, 2.45) is 5.92 Å². The summed E-state index contributed by atoms with van der Waals surface area (Å²) in [6, 6.07) is 0. The van der Waals surface area contributed by atoms with E-state index < -0.39 is 0 Å². The molecule has 0 fully saturated rings. The molecule has 66 valence electrons. The molecule has 1 rings (SSSR count). The van der Waals surface area contributed by atoms with Crippen LogP contribution in [0.5, 0.6) is 0 Å². The first-order valence-electron chi connectivity index (χ1n) is 4.04. The lowest BCUT2D eigenvalue weighted by molar-refractivity contribution is 0.431. The smallest absolute Gasteiger partial charge is 0.115 e. The topological polar surface area (TPSA) is 20.2 Å². The zero-order valence-corrected chi connectivity index (χ0v) is 8.88. The van der Waals surface area contributed by atoms with Gasteiger partial charge in [-0.1, -0.05) is 41.9 Å². The lowest BCUT2D eigenvalue weighted by Crippen LogP contribution is -1.94. The van der Waals surface area contributed by atoms with Gasteiger partial charge in [-0.15, -0.1) is 0 Å². The maximum atomic E-state index is 9.34. The summed E-state index contributed by atoms with van der Waals surface area (Å²) in [5.41, 5.74) is 1.17. The van der Waals surface area contributed by atoms with Gasteiger partial charge in [0.2, 0.25) is 0 Å². The molecule has 0 amide bonds. The molecule has 1 atom stereocenters. The van der Waals surface area contributed by atoms with Crippen LogP contribution in [0.25, 0.3) is 0 Å². The zero-order chi connectivity index (χ0) is 9.14. The van der Waals surface area contributed by atoms with E-state index in [0.29, 0.717) is 11.7 Å². The van der Waals surface area contributed by atoms with E-state index in [1.807, 2.05) is 12.2 Å². The van der Waals surface area contributed by atoms with E-state index in [1.54, 1.807) is 6.08 Å². The molecule has 1 nitrogen and oxygen atoms in total. The van der Waals surface area contributed by atoms with E-state index in [2.05, 4.69) is 35.9 Å². The van der Waals surface area contributed by atoms with Crippen LogP contribution in [0.4, 0.5) is 0 Å². The van der Waals surface area contributed by atoms with Crippen LogP contribution >= 0.6 is 15.9 Å². The quantitative estimate of drug-likeness (QED) is 0.683. The first-order valence-corrected chi connectivity index (χ1v) is 4.96. The minimum Gasteiger partial charge on any atom is -0.508 e. The lowest BCUT2D eigenvalue weighted by Gasteiger charge is -2.06. The van der Waals surface area contributed by atoms with E-state index >= 15 is 0 Å². The molecule has 1 N–H and O–H groups in total. The second kappa shape index (κ2) is 3.94. The summed E-state index contributed by atoms with van der Waals surface area (Å²) in [5.74, 6) is 0.781. The maximum Gasteiger partial charge on any atom is 0.115 e. The van der Waals surface area contributed by atoms with Crippen molar-refractivity contribution in [3.05, 3.63) is 35.6 Å². The minimum absolute atomic E-state index is 0.232. The Morgan fingerprint density at radius 3 is 2.75 bits per heavy atom. The predicted molar refractivity (Wildman–Crippen MR) is 55.5 cm³/mol. The molecule has 0 bridgehead atoms. The summed E-state index contributed by atoms with van der Waals surface area (Å²) in [6.45, 7) is 4.22. The summed E-state index contributed by atoms with van der Waals surface area (Å²) in [4.78, 5) is 0.232. The second-order valence-electron chi connectivity index (χ2n) is 3.19. The molecule has 0 spiro atoms. The zero-order valence-electron chi connectivity index (χ0n) is 7.29. The molecular weight excluding hydrogens is 216 g/mol. The van der Waals surface area contributed by atoms with Crippen molar-refractivity contribution in [2.75, 3.05) is 0 Å². The highest BCUT2D eigenvalue weighted by molar-refractivity contribution is 9.09. The van der Waals surface area contributed by atoms with Crippen molar-refractivity contribution in [1.82, 2.24) is 0 Å². The van der Waals surface area contributed by atoms with Gasteiger partial charge in [0.1, 0.15) is 5.76 Å². The van der Waals surface area contributed by atoms with Crippen LogP contribution in [0.3, 0.4) is 0 Å². The molecule has 2 heteroatoms. The summed E-state index contributed by atoms with van der Waals surface area (Å²) in [7, 11) is 0. The Morgan fingerprint density at radius 1 is 1.50 bits per heavy atom. The second-order valence-corrected chi connectivity index (χ2v) is 4.25. The normalized spacial score (nSPS) is 23.5. The summed E-state index contributed by atoms with van der Waals surface area (Å²) in [6.07, 6.45) is 7.54. The standard InChI is InChI=1S/C10H13BrO/c1-7(2)8-5-9(11)3-4-10(12)6-8/h3-7,9,12H,1-2H3. The van der Waals surface area contributed by atoms with Crippen molar-refractivity contribution in [1.29, 1.82) is 0 Å². The summed E-state index contributed by atoms with van der Waals surface area (Å²) < 4.78 is 0. The monoisotopic (exact) mass is 228 g/mol. The Balaban J connectivity index is 2.92. The van der Waals surface area contributed by atoms with E-state index in [-0.39, 0.29) is 4.83 Å². The van der Waals surface area contributed by atoms with Crippen molar-refractivity contribution in [3.63, 3.8) is 0 Å². The van der Waals surface area contributed by atoms with Crippen LogP contribution in [0.2, 0.25) is 0 Å². The van der Waals surface area contributed by atoms with Gasteiger partial charge in [0.25, 0.3) is 0 Å². The van der Waals surface area contributed by atoms with Gasteiger partial charge in [0.15, 0.2) is 0 Å². The fourth-order valence-electron chi connectivity index (χ4n) is 1.06. The molecule has 1 aliphatic carbocycles. The summed E-state index contributed by atoms with van der Waals surface area (Å²) >= 11 is 3.47. The van der Waals surface area contributed by atoms with Crippen molar-refractivity contribution in [3.8, 4) is 0 Å². The van der Waals surface area contributed by atoms with Crippen LogP contribution in [0, 0.1) is 5.92 Å². The molecule has 0 heterocycles. The predicted octanol–water partition coefficient (Wildman–Crippen LogP) is 3.34. The first-order chi connectivity index (χ1) is 5.59. The molecule has 0 saturated heterocycles. The van der Waals surface area contributed by atoms with Crippen LogP contribution < -0.4 is 0 Å². The Bertz CT molecular complexity index is 249. The van der Waals surface area contributed by atoms with Crippen molar-refractivity contribution >= 4 is 15.9 Å². The van der Waals surface area contributed by atoms with Gasteiger partial charge in [0.05, 0.1) is 4.83 Å². The Kier molecular flexibility index (Phi) is 3.15. The van der Waals surface area contributed by atoms with E-state index in [0.717, 1.165) is 0 Å². The van der Waals surface area contributed by atoms with Crippen LogP contribution in [0.1, 0.15) is 13.8 Å². The molecule has 0 aromatic carbocycles. The van der Waals surface area contributed by atoms with Crippen LogP contribution in [0.15, 0.2) is 35.6 Å². The fraction of sp³-hybridized carbons (Fsp3) is 0.400. The molecule has 0 aromatic heterocycles. The van der Waals surface area contributed by atoms with Gasteiger partial charge in [-0.25, -0.2) is 0 Å². The van der Waals surface area contributed by atoms with Crippen LogP contribution in [-0.4, -0.2) is 9.93 Å². The molecule has 0 aromatic rings. The third kappa shape index (κ3) is 2.52. The third-order valence-electron chi connectivity index (χ3n) is 1.78. The first kappa shape index (κ1) is 9.59. The van der Waals surface area contributed by atoms with Crippen LogP contribution in [-0.2, 0) is 0 Å². The van der Waals surface area contributed by atoms with Gasteiger partial charge in [-0.3, -0.25) is 0 Å². The summed E-state index contributed by atoms with van der Waals surface area (Å²) in [5, 5.41) is 9.34. The van der Waals surface area contributed by atoms with Gasteiger partial charge in [-0.05, 0) is 23.6 Å². The van der Waals surface area contributed by atoms with E-state index in [4.69, 9.17) is 0 Å². The Morgan fingerprint density at radius 2 is 2.17 bits per heavy atom. The molecule has 0 aliphatic heterocycles. The molecule has 1 aliphatic rings. The van der Waals surface area contributed by atoms with Gasteiger partial charge in [0, 0.05) is 0 Å². The van der Waals surface area contributed by atoms with Gasteiger partial charge < -0.3 is 5.11 Å². The molecule has 0 saturated carbocycles. The average molecular weight is 229 g/mol. The highest BCUT2D eigenvalue weighted by Gasteiger charge is 2.06. The van der Waals surface area contributed by atoms with E-state index in [9.17, 15) is 5.11 Å². The number of aliphatic hydroxyl groups excluding tert-OH is 1. The van der Waals surface area contributed by atoms with E-state index in [1.165, 1.54) is 5.57 Å². The molecule has 12 heavy (non-hydrogen) atoms. The highest BCUT2D eigenvalue weighted by Crippen LogP contribution is 2.20. The SMILES string of the molecule is CC(C)C1=CC(Br)C=CC(O)=C1.